The number of amides is 1. The summed E-state index contributed by atoms with van der Waals surface area (Å²) in [7, 11) is 0. The maximum atomic E-state index is 12.9. The number of halogens is 2. The monoisotopic (exact) mass is 384 g/mol. The van der Waals surface area contributed by atoms with Gasteiger partial charge in [-0.15, -0.1) is 0 Å². The summed E-state index contributed by atoms with van der Waals surface area (Å²) in [6.45, 7) is 2.49. The molecule has 7 heteroatoms. The van der Waals surface area contributed by atoms with Crippen molar-refractivity contribution in [1.29, 1.82) is 0 Å². The van der Waals surface area contributed by atoms with Crippen LogP contribution in [0.4, 0.5) is 16.0 Å². The molecule has 5 nitrogen and oxygen atoms in total. The van der Waals surface area contributed by atoms with Crippen LogP contribution >= 0.6 is 11.6 Å². The molecule has 3 rings (SSSR count). The molecule has 0 spiro atoms. The van der Waals surface area contributed by atoms with Crippen LogP contribution < -0.4 is 10.6 Å². The van der Waals surface area contributed by atoms with Crippen LogP contribution in [0.15, 0.2) is 54.9 Å². The summed E-state index contributed by atoms with van der Waals surface area (Å²) >= 11 is 6.06. The summed E-state index contributed by atoms with van der Waals surface area (Å²) in [6, 6.07) is 11.7. The second-order valence-electron chi connectivity index (χ2n) is 6.02. The fourth-order valence-corrected chi connectivity index (χ4v) is 2.56. The topological polar surface area (TPSA) is 66.9 Å². The van der Waals surface area contributed by atoms with Crippen molar-refractivity contribution in [3.63, 3.8) is 0 Å². The summed E-state index contributed by atoms with van der Waals surface area (Å²) in [4.78, 5) is 20.6. The molecule has 0 saturated heterocycles. The Hall–Kier alpha value is -2.99. The summed E-state index contributed by atoms with van der Waals surface area (Å²) in [5.74, 6) is -0.142. The van der Waals surface area contributed by atoms with E-state index in [0.717, 1.165) is 11.1 Å². The van der Waals surface area contributed by atoms with Gasteiger partial charge in [0.05, 0.1) is 5.56 Å². The van der Waals surface area contributed by atoms with E-state index < -0.39 is 0 Å². The van der Waals surface area contributed by atoms with Crippen molar-refractivity contribution in [2.45, 2.75) is 13.3 Å². The molecule has 1 aromatic heterocycles. The zero-order valence-corrected chi connectivity index (χ0v) is 15.4. The van der Waals surface area contributed by atoms with Gasteiger partial charge in [0, 0.05) is 29.6 Å². The van der Waals surface area contributed by atoms with Gasteiger partial charge in [0.25, 0.3) is 5.91 Å². The van der Waals surface area contributed by atoms with Crippen molar-refractivity contribution in [3.8, 4) is 0 Å². The lowest BCUT2D eigenvalue weighted by atomic mass is 10.1. The fourth-order valence-electron chi connectivity index (χ4n) is 2.38. The summed E-state index contributed by atoms with van der Waals surface area (Å²) in [6.07, 6.45) is 3.62. The quantitative estimate of drug-likeness (QED) is 0.657. The summed E-state index contributed by atoms with van der Waals surface area (Å²) in [5, 5.41) is 6.42. The van der Waals surface area contributed by atoms with Gasteiger partial charge in [0.2, 0.25) is 5.95 Å². The smallest absolute Gasteiger partial charge is 0.258 e. The molecule has 138 valence electrons. The highest BCUT2D eigenvalue weighted by Crippen LogP contribution is 2.20. The van der Waals surface area contributed by atoms with E-state index in [2.05, 4.69) is 20.6 Å². The number of hydrogen-bond donors (Lipinski definition) is 2. The Bertz CT molecular complexity index is 930. The van der Waals surface area contributed by atoms with E-state index in [9.17, 15) is 9.18 Å². The summed E-state index contributed by atoms with van der Waals surface area (Å²) < 4.78 is 12.9. The zero-order chi connectivity index (χ0) is 19.2. The molecule has 1 amide bonds. The van der Waals surface area contributed by atoms with E-state index in [4.69, 9.17) is 11.6 Å². The Morgan fingerprint density at radius 2 is 1.81 bits per heavy atom. The molecule has 27 heavy (non-hydrogen) atoms. The van der Waals surface area contributed by atoms with Gasteiger partial charge in [-0.05, 0) is 48.7 Å². The molecule has 3 aromatic rings. The van der Waals surface area contributed by atoms with Crippen LogP contribution in [0.25, 0.3) is 0 Å². The average Bonchev–Trinajstić information content (AvgIpc) is 2.67. The first-order valence-electron chi connectivity index (χ1n) is 8.39. The highest BCUT2D eigenvalue weighted by atomic mass is 35.5. The van der Waals surface area contributed by atoms with Crippen LogP contribution in [0.5, 0.6) is 0 Å². The van der Waals surface area contributed by atoms with Crippen LogP contribution in [0, 0.1) is 12.7 Å². The molecule has 0 aliphatic heterocycles. The number of nitrogens with one attached hydrogen (secondary N) is 2. The normalized spacial score (nSPS) is 10.5. The van der Waals surface area contributed by atoms with Crippen LogP contribution in [-0.4, -0.2) is 22.4 Å². The van der Waals surface area contributed by atoms with E-state index in [1.54, 1.807) is 24.3 Å². The second-order valence-corrected chi connectivity index (χ2v) is 6.42. The minimum atomic E-state index is -0.312. The van der Waals surface area contributed by atoms with Gasteiger partial charge in [-0.2, -0.15) is 0 Å². The Labute approximate surface area is 161 Å². The minimum absolute atomic E-state index is 0.253. The minimum Gasteiger partial charge on any atom is -0.354 e. The largest absolute Gasteiger partial charge is 0.354 e. The second kappa shape index (κ2) is 8.60. The van der Waals surface area contributed by atoms with E-state index in [1.807, 2.05) is 13.0 Å². The van der Waals surface area contributed by atoms with Crippen molar-refractivity contribution in [3.05, 3.63) is 82.4 Å². The zero-order valence-electron chi connectivity index (χ0n) is 14.7. The molecule has 1 heterocycles. The molecule has 0 saturated carbocycles. The van der Waals surface area contributed by atoms with Crippen molar-refractivity contribution in [2.75, 3.05) is 17.2 Å². The third-order valence-electron chi connectivity index (χ3n) is 3.95. The van der Waals surface area contributed by atoms with Crippen LogP contribution in [0.3, 0.4) is 0 Å². The van der Waals surface area contributed by atoms with Gasteiger partial charge in [-0.1, -0.05) is 29.8 Å². The maximum Gasteiger partial charge on any atom is 0.258 e. The number of anilines is 2. The van der Waals surface area contributed by atoms with Crippen LogP contribution in [0.2, 0.25) is 5.02 Å². The molecular weight excluding hydrogens is 367 g/mol. The molecule has 0 fully saturated rings. The maximum absolute atomic E-state index is 12.9. The molecule has 0 atom stereocenters. The highest BCUT2D eigenvalue weighted by molar-refractivity contribution is 6.31. The van der Waals surface area contributed by atoms with Crippen LogP contribution in [0.1, 0.15) is 21.5 Å². The van der Waals surface area contributed by atoms with Crippen molar-refractivity contribution in [1.82, 2.24) is 9.97 Å². The molecule has 0 aliphatic rings. The molecule has 0 aliphatic carbocycles. The molecule has 2 N–H and O–H groups in total. The number of aryl methyl sites for hydroxylation is 1. The standard InChI is InChI=1S/C20H18ClFN4O/c1-13-2-7-17(10-18(13)21)26-19(27)15-11-24-20(25-12-15)23-9-8-14-3-5-16(22)6-4-14/h2-7,10-12H,8-9H2,1H3,(H,26,27)(H,23,24,25). The van der Waals surface area contributed by atoms with Gasteiger partial charge in [-0.25, -0.2) is 14.4 Å². The molecule has 2 aromatic carbocycles. The Kier molecular flexibility index (Phi) is 5.98. The fraction of sp³-hybridized carbons (Fsp3) is 0.150. The Balaban J connectivity index is 1.53. The molecule has 0 unspecified atom stereocenters. The first kappa shape index (κ1) is 18.8. The Morgan fingerprint density at radius 3 is 2.48 bits per heavy atom. The van der Waals surface area contributed by atoms with Gasteiger partial charge in [0.1, 0.15) is 5.82 Å². The van der Waals surface area contributed by atoms with Crippen molar-refractivity contribution < 1.29 is 9.18 Å². The number of carbonyl (C=O) groups is 1. The van der Waals surface area contributed by atoms with E-state index >= 15 is 0 Å². The lowest BCUT2D eigenvalue weighted by Gasteiger charge is -2.08. The number of carbonyl (C=O) groups excluding carboxylic acids is 1. The average molecular weight is 385 g/mol. The number of nitrogens with zero attached hydrogens (tertiary/aromatic N) is 2. The van der Waals surface area contributed by atoms with E-state index in [0.29, 0.717) is 35.2 Å². The van der Waals surface area contributed by atoms with Crippen molar-refractivity contribution >= 4 is 29.1 Å². The van der Waals surface area contributed by atoms with E-state index in [1.165, 1.54) is 24.5 Å². The van der Waals surface area contributed by atoms with Gasteiger partial charge >= 0.3 is 0 Å². The number of aromatic nitrogens is 2. The third-order valence-corrected chi connectivity index (χ3v) is 4.36. The molecule has 0 radical (unpaired) electrons. The number of hydrogen-bond acceptors (Lipinski definition) is 4. The van der Waals surface area contributed by atoms with Crippen LogP contribution in [-0.2, 0) is 6.42 Å². The summed E-state index contributed by atoms with van der Waals surface area (Å²) in [5.41, 5.74) is 2.90. The predicted octanol–water partition coefficient (Wildman–Crippen LogP) is 4.48. The Morgan fingerprint density at radius 1 is 1.11 bits per heavy atom. The van der Waals surface area contributed by atoms with Crippen molar-refractivity contribution in [2.24, 2.45) is 0 Å². The van der Waals surface area contributed by atoms with Gasteiger partial charge in [-0.3, -0.25) is 4.79 Å². The first-order chi connectivity index (χ1) is 13.0. The molecule has 0 bridgehead atoms. The lowest BCUT2D eigenvalue weighted by molar-refractivity contribution is 0.102. The lowest BCUT2D eigenvalue weighted by Crippen LogP contribution is -2.14. The van der Waals surface area contributed by atoms with Gasteiger partial charge in [0.15, 0.2) is 0 Å². The predicted molar refractivity (Wildman–Crippen MR) is 105 cm³/mol. The first-order valence-corrected chi connectivity index (χ1v) is 8.77. The molecular formula is C20H18ClFN4O. The third kappa shape index (κ3) is 5.24. The number of rotatable bonds is 6. The van der Waals surface area contributed by atoms with E-state index in [-0.39, 0.29) is 11.7 Å². The SMILES string of the molecule is Cc1ccc(NC(=O)c2cnc(NCCc3ccc(F)cc3)nc2)cc1Cl. The van der Waals surface area contributed by atoms with Gasteiger partial charge < -0.3 is 10.6 Å². The highest BCUT2D eigenvalue weighted by Gasteiger charge is 2.08. The number of benzene rings is 2.